The smallest absolute Gasteiger partial charge is 0.133 e. The Morgan fingerprint density at radius 2 is 1.54 bits per heavy atom. The third-order valence-electron chi connectivity index (χ3n) is 4.42. The molecule has 0 spiro atoms. The number of halogens is 1. The fraction of sp³-hybridized carbons (Fsp3) is 0.0909. The van der Waals surface area contributed by atoms with E-state index in [1.165, 1.54) is 10.8 Å². The molecule has 0 saturated carbocycles. The average molecular weight is 455 g/mol. The molecule has 0 aliphatic rings. The summed E-state index contributed by atoms with van der Waals surface area (Å²) in [4.78, 5) is 0. The molecule has 1 N–H and O–H groups in total. The van der Waals surface area contributed by atoms with Crippen LogP contribution in [0.2, 0.25) is 0 Å². The number of benzene rings is 3. The average Bonchev–Trinajstić information content (AvgIpc) is 3.11. The highest BCUT2D eigenvalue weighted by Gasteiger charge is 2.12. The highest BCUT2D eigenvalue weighted by atomic mass is 127. The highest BCUT2D eigenvalue weighted by molar-refractivity contribution is 14.1. The number of hydrogen-bond acceptors (Lipinski definition) is 2. The molecule has 4 aromatic rings. The Kier molecular flexibility index (Phi) is 4.95. The first-order valence-corrected chi connectivity index (χ1v) is 9.51. The normalized spacial score (nSPS) is 11.0. The van der Waals surface area contributed by atoms with Gasteiger partial charge in [-0.25, -0.2) is 0 Å². The van der Waals surface area contributed by atoms with Crippen molar-refractivity contribution in [2.24, 2.45) is 0 Å². The van der Waals surface area contributed by atoms with E-state index in [0.29, 0.717) is 6.61 Å². The van der Waals surface area contributed by atoms with Crippen molar-refractivity contribution in [3.05, 3.63) is 93.8 Å². The van der Waals surface area contributed by atoms with E-state index in [4.69, 9.17) is 4.74 Å². The summed E-state index contributed by atoms with van der Waals surface area (Å²) in [5, 5.41) is 12.1. The SMILES string of the molecule is OCc1ccc(COc2ccc3ccccc3c2I)n1-c1ccccc1. The fourth-order valence-electron chi connectivity index (χ4n) is 3.15. The molecule has 0 amide bonds. The maximum atomic E-state index is 9.68. The summed E-state index contributed by atoms with van der Waals surface area (Å²) in [6.45, 7) is 0.422. The van der Waals surface area contributed by atoms with Crippen LogP contribution in [0.4, 0.5) is 0 Å². The maximum Gasteiger partial charge on any atom is 0.133 e. The summed E-state index contributed by atoms with van der Waals surface area (Å²) in [5.41, 5.74) is 2.88. The van der Waals surface area contributed by atoms with E-state index in [9.17, 15) is 5.11 Å². The lowest BCUT2D eigenvalue weighted by Crippen LogP contribution is -2.07. The Hall–Kier alpha value is -2.31. The van der Waals surface area contributed by atoms with Crippen molar-refractivity contribution in [2.45, 2.75) is 13.2 Å². The van der Waals surface area contributed by atoms with Crippen LogP contribution in [-0.4, -0.2) is 9.67 Å². The molecular weight excluding hydrogens is 437 g/mol. The van der Waals surface area contributed by atoms with Crippen LogP contribution in [0.5, 0.6) is 5.75 Å². The van der Waals surface area contributed by atoms with Gasteiger partial charge in [-0.3, -0.25) is 0 Å². The second-order valence-corrected chi connectivity index (χ2v) is 7.11. The van der Waals surface area contributed by atoms with Crippen LogP contribution in [0.25, 0.3) is 16.5 Å². The van der Waals surface area contributed by atoms with E-state index in [0.717, 1.165) is 26.4 Å². The summed E-state index contributed by atoms with van der Waals surface area (Å²) >= 11 is 2.34. The fourth-order valence-corrected chi connectivity index (χ4v) is 3.97. The first-order valence-electron chi connectivity index (χ1n) is 8.44. The third kappa shape index (κ3) is 3.22. The monoisotopic (exact) mass is 455 g/mol. The molecule has 4 heteroatoms. The number of fused-ring (bicyclic) bond motifs is 1. The lowest BCUT2D eigenvalue weighted by Gasteiger charge is -2.15. The number of aliphatic hydroxyl groups excluding tert-OH is 1. The van der Waals surface area contributed by atoms with Crippen LogP contribution < -0.4 is 4.74 Å². The largest absolute Gasteiger partial charge is 0.486 e. The molecule has 3 aromatic carbocycles. The zero-order valence-corrected chi connectivity index (χ0v) is 16.3. The lowest BCUT2D eigenvalue weighted by atomic mass is 10.1. The van der Waals surface area contributed by atoms with Crippen molar-refractivity contribution in [1.82, 2.24) is 4.57 Å². The molecule has 26 heavy (non-hydrogen) atoms. The maximum absolute atomic E-state index is 9.68. The summed E-state index contributed by atoms with van der Waals surface area (Å²) in [5.74, 6) is 0.871. The molecule has 4 rings (SSSR count). The van der Waals surface area contributed by atoms with Crippen LogP contribution in [-0.2, 0) is 13.2 Å². The van der Waals surface area contributed by atoms with Gasteiger partial charge in [-0.1, -0.05) is 48.5 Å². The predicted molar refractivity (Wildman–Crippen MR) is 113 cm³/mol. The highest BCUT2D eigenvalue weighted by Crippen LogP contribution is 2.30. The number of rotatable bonds is 5. The first-order chi connectivity index (χ1) is 12.8. The van der Waals surface area contributed by atoms with Gasteiger partial charge in [0.15, 0.2) is 0 Å². The molecule has 1 aromatic heterocycles. The molecule has 3 nitrogen and oxygen atoms in total. The molecular formula is C22H18INO2. The second-order valence-electron chi connectivity index (χ2n) is 6.03. The van der Waals surface area contributed by atoms with Crippen molar-refractivity contribution in [3.63, 3.8) is 0 Å². The van der Waals surface area contributed by atoms with E-state index in [-0.39, 0.29) is 6.61 Å². The summed E-state index contributed by atoms with van der Waals surface area (Å²) in [6.07, 6.45) is 0. The zero-order valence-electron chi connectivity index (χ0n) is 14.1. The minimum absolute atomic E-state index is 0.0115. The molecule has 0 aliphatic heterocycles. The summed E-state index contributed by atoms with van der Waals surface area (Å²) < 4.78 is 9.30. The molecule has 0 atom stereocenters. The number of hydrogen-bond donors (Lipinski definition) is 1. The molecule has 130 valence electrons. The predicted octanol–water partition coefficient (Wildman–Crippen LogP) is 5.31. The van der Waals surface area contributed by atoms with Crippen LogP contribution in [0, 0.1) is 3.57 Å². The topological polar surface area (TPSA) is 34.4 Å². The van der Waals surface area contributed by atoms with Gasteiger partial charge in [-0.05, 0) is 63.7 Å². The van der Waals surface area contributed by atoms with Gasteiger partial charge in [0, 0.05) is 11.4 Å². The van der Waals surface area contributed by atoms with Crippen LogP contribution in [0.15, 0.2) is 78.9 Å². The van der Waals surface area contributed by atoms with Crippen LogP contribution in [0.3, 0.4) is 0 Å². The van der Waals surface area contributed by atoms with Gasteiger partial charge in [0.2, 0.25) is 0 Å². The van der Waals surface area contributed by atoms with Crippen LogP contribution >= 0.6 is 22.6 Å². The Bertz CT molecular complexity index is 1040. The number of para-hydroxylation sites is 1. The van der Waals surface area contributed by atoms with Gasteiger partial charge in [0.05, 0.1) is 15.9 Å². The number of aromatic nitrogens is 1. The number of ether oxygens (including phenoxy) is 1. The Labute approximate surface area is 166 Å². The minimum atomic E-state index is -0.0115. The van der Waals surface area contributed by atoms with E-state index in [2.05, 4.69) is 40.8 Å². The second kappa shape index (κ2) is 7.51. The zero-order chi connectivity index (χ0) is 17.9. The quantitative estimate of drug-likeness (QED) is 0.414. The Morgan fingerprint density at radius 3 is 2.35 bits per heavy atom. The molecule has 1 heterocycles. The molecule has 0 bridgehead atoms. The van der Waals surface area contributed by atoms with E-state index in [1.807, 2.05) is 65.2 Å². The van der Waals surface area contributed by atoms with Crippen LogP contribution in [0.1, 0.15) is 11.4 Å². The lowest BCUT2D eigenvalue weighted by molar-refractivity contribution is 0.270. The Balaban J connectivity index is 1.65. The van der Waals surface area contributed by atoms with Crippen molar-refractivity contribution in [2.75, 3.05) is 0 Å². The molecule has 0 radical (unpaired) electrons. The van der Waals surface area contributed by atoms with Gasteiger partial charge in [-0.2, -0.15) is 0 Å². The van der Waals surface area contributed by atoms with Gasteiger partial charge >= 0.3 is 0 Å². The van der Waals surface area contributed by atoms with Crippen molar-refractivity contribution in [1.29, 1.82) is 0 Å². The van der Waals surface area contributed by atoms with Gasteiger partial charge in [-0.15, -0.1) is 0 Å². The summed E-state index contributed by atoms with van der Waals surface area (Å²) in [6, 6.07) is 26.4. The van der Waals surface area contributed by atoms with Crippen molar-refractivity contribution >= 4 is 33.4 Å². The molecule has 0 saturated heterocycles. The van der Waals surface area contributed by atoms with E-state index >= 15 is 0 Å². The standard InChI is InChI=1S/C22H18INO2/c23-22-20-9-5-4-6-16(20)10-13-21(22)26-15-19-12-11-18(14-25)24(19)17-7-2-1-3-8-17/h1-13,25H,14-15H2. The Morgan fingerprint density at radius 1 is 0.808 bits per heavy atom. The first kappa shape index (κ1) is 17.1. The number of aliphatic hydroxyl groups is 1. The van der Waals surface area contributed by atoms with Crippen molar-refractivity contribution < 1.29 is 9.84 Å². The van der Waals surface area contributed by atoms with Gasteiger partial charge in [0.1, 0.15) is 12.4 Å². The molecule has 0 fully saturated rings. The van der Waals surface area contributed by atoms with E-state index in [1.54, 1.807) is 0 Å². The summed E-state index contributed by atoms with van der Waals surface area (Å²) in [7, 11) is 0. The van der Waals surface area contributed by atoms with Crippen molar-refractivity contribution in [3.8, 4) is 11.4 Å². The van der Waals surface area contributed by atoms with Gasteiger partial charge in [0.25, 0.3) is 0 Å². The number of nitrogens with zero attached hydrogens (tertiary/aromatic N) is 1. The van der Waals surface area contributed by atoms with E-state index < -0.39 is 0 Å². The van der Waals surface area contributed by atoms with Gasteiger partial charge < -0.3 is 14.4 Å². The molecule has 0 aliphatic carbocycles. The third-order valence-corrected chi connectivity index (χ3v) is 5.54. The molecule has 0 unspecified atom stereocenters. The minimum Gasteiger partial charge on any atom is -0.486 e.